The lowest BCUT2D eigenvalue weighted by Crippen LogP contribution is -2.21. The zero-order valence-electron chi connectivity index (χ0n) is 13.7. The van der Waals surface area contributed by atoms with Crippen molar-refractivity contribution in [3.63, 3.8) is 0 Å². The van der Waals surface area contributed by atoms with Crippen molar-refractivity contribution in [2.24, 2.45) is 0 Å². The van der Waals surface area contributed by atoms with Crippen molar-refractivity contribution in [2.75, 3.05) is 5.75 Å². The number of fused-ring (bicyclic) bond motifs is 4. The molecule has 0 saturated heterocycles. The summed E-state index contributed by atoms with van der Waals surface area (Å²) in [5.74, 6) is 2.28. The molecule has 0 bridgehead atoms. The number of ether oxygens (including phenoxy) is 1. The second kappa shape index (κ2) is 6.18. The molecule has 1 aliphatic carbocycles. The van der Waals surface area contributed by atoms with Crippen LogP contribution in [0.25, 0.3) is 10.2 Å². The highest BCUT2D eigenvalue weighted by atomic mass is 32.2. The summed E-state index contributed by atoms with van der Waals surface area (Å²) in [5, 5.41) is 0.814. The number of thiophene rings is 1. The Hall–Kier alpha value is -1.79. The normalized spacial score (nSPS) is 19.8. The van der Waals surface area contributed by atoms with Crippen LogP contribution in [0.3, 0.4) is 0 Å². The van der Waals surface area contributed by atoms with Crippen molar-refractivity contribution in [1.82, 2.24) is 9.97 Å². The van der Waals surface area contributed by atoms with Crippen molar-refractivity contribution in [2.45, 2.75) is 43.1 Å². The van der Waals surface area contributed by atoms with E-state index in [2.05, 4.69) is 11.1 Å². The van der Waals surface area contributed by atoms with Gasteiger partial charge in [-0.1, -0.05) is 18.6 Å². The maximum atomic E-state index is 12.8. The Bertz CT molecular complexity index is 1010. The summed E-state index contributed by atoms with van der Waals surface area (Å²) in [4.78, 5) is 24.0. The fourth-order valence-electron chi connectivity index (χ4n) is 3.66. The van der Waals surface area contributed by atoms with Crippen LogP contribution in [0.4, 0.5) is 0 Å². The molecule has 2 aromatic heterocycles. The number of aryl methyl sites for hydroxylation is 2. The molecule has 0 fully saturated rings. The predicted molar refractivity (Wildman–Crippen MR) is 102 cm³/mol. The number of rotatable bonds is 1. The molecule has 3 aromatic rings. The minimum Gasteiger partial charge on any atom is -0.480 e. The minimum absolute atomic E-state index is 0.00754. The summed E-state index contributed by atoms with van der Waals surface area (Å²) < 4.78 is 6.10. The molecular formula is C19H18N2O2S2. The summed E-state index contributed by atoms with van der Waals surface area (Å²) in [5.41, 5.74) is 1.23. The number of para-hydroxylation sites is 1. The molecule has 0 spiro atoms. The summed E-state index contributed by atoms with van der Waals surface area (Å²) in [6.45, 7) is 0. The fourth-order valence-corrected chi connectivity index (χ4v) is 5.92. The van der Waals surface area contributed by atoms with Crippen LogP contribution in [0, 0.1) is 0 Å². The van der Waals surface area contributed by atoms with Crippen molar-refractivity contribution in [3.05, 3.63) is 50.9 Å². The predicted octanol–water partition coefficient (Wildman–Crippen LogP) is 4.48. The molecule has 25 heavy (non-hydrogen) atoms. The monoisotopic (exact) mass is 370 g/mol. The van der Waals surface area contributed by atoms with Gasteiger partial charge in [-0.05, 0) is 43.4 Å². The highest BCUT2D eigenvalue weighted by Gasteiger charge is 2.26. The van der Waals surface area contributed by atoms with Gasteiger partial charge in [0, 0.05) is 15.5 Å². The topological polar surface area (TPSA) is 55.0 Å². The zero-order valence-corrected chi connectivity index (χ0v) is 15.3. The highest BCUT2D eigenvalue weighted by Crippen LogP contribution is 2.40. The molecule has 1 unspecified atom stereocenters. The van der Waals surface area contributed by atoms with Gasteiger partial charge in [-0.25, -0.2) is 4.98 Å². The molecule has 6 heteroatoms. The molecule has 3 heterocycles. The average Bonchev–Trinajstić information content (AvgIpc) is 2.83. The lowest BCUT2D eigenvalue weighted by Gasteiger charge is -2.24. The Kier molecular flexibility index (Phi) is 3.82. The van der Waals surface area contributed by atoms with Gasteiger partial charge in [0.25, 0.3) is 5.56 Å². The number of hydrogen-bond acceptors (Lipinski definition) is 5. The quantitative estimate of drug-likeness (QED) is 0.642. The average molecular weight is 370 g/mol. The maximum Gasteiger partial charge on any atom is 0.260 e. The first-order valence-electron chi connectivity index (χ1n) is 8.72. The van der Waals surface area contributed by atoms with E-state index in [4.69, 9.17) is 9.72 Å². The summed E-state index contributed by atoms with van der Waals surface area (Å²) in [6.07, 6.45) is 5.50. The third kappa shape index (κ3) is 2.68. The Morgan fingerprint density at radius 2 is 2.04 bits per heavy atom. The first-order valence-corrected chi connectivity index (χ1v) is 10.5. The van der Waals surface area contributed by atoms with Gasteiger partial charge in [-0.3, -0.25) is 4.79 Å². The number of hydrogen-bond donors (Lipinski definition) is 1. The number of nitrogens with one attached hydrogen (secondary N) is 1. The number of H-pyrrole nitrogens is 1. The minimum atomic E-state index is -0.209. The maximum absolute atomic E-state index is 12.8. The molecule has 0 radical (unpaired) electrons. The molecule has 1 aromatic carbocycles. The lowest BCUT2D eigenvalue weighted by atomic mass is 10.1. The molecule has 1 atom stereocenters. The van der Waals surface area contributed by atoms with Gasteiger partial charge >= 0.3 is 0 Å². The van der Waals surface area contributed by atoms with Crippen LogP contribution in [0.1, 0.15) is 41.6 Å². The van der Waals surface area contributed by atoms with Gasteiger partial charge in [0.15, 0.2) is 11.9 Å². The van der Waals surface area contributed by atoms with E-state index in [0.29, 0.717) is 5.82 Å². The summed E-state index contributed by atoms with van der Waals surface area (Å²) >= 11 is 3.45. The number of nitrogens with zero attached hydrogens (tertiary/aromatic N) is 1. The van der Waals surface area contributed by atoms with E-state index in [0.717, 1.165) is 39.5 Å². The Morgan fingerprint density at radius 1 is 1.16 bits per heavy atom. The van der Waals surface area contributed by atoms with Crippen LogP contribution >= 0.6 is 23.1 Å². The largest absolute Gasteiger partial charge is 0.480 e. The van der Waals surface area contributed by atoms with E-state index >= 15 is 0 Å². The first kappa shape index (κ1) is 15.5. The Labute approximate surface area is 153 Å². The van der Waals surface area contributed by atoms with Crippen molar-refractivity contribution < 1.29 is 4.74 Å². The molecule has 2 aliphatic rings. The fraction of sp³-hybridized carbons (Fsp3) is 0.368. The van der Waals surface area contributed by atoms with Gasteiger partial charge in [-0.15, -0.1) is 23.1 Å². The second-order valence-electron chi connectivity index (χ2n) is 6.56. The number of aromatic nitrogens is 2. The van der Waals surface area contributed by atoms with Crippen molar-refractivity contribution >= 4 is 33.3 Å². The van der Waals surface area contributed by atoms with E-state index in [1.165, 1.54) is 29.7 Å². The number of aromatic amines is 1. The smallest absolute Gasteiger partial charge is 0.260 e. The Balaban J connectivity index is 1.56. The van der Waals surface area contributed by atoms with Crippen molar-refractivity contribution in [1.29, 1.82) is 0 Å². The van der Waals surface area contributed by atoms with E-state index in [1.807, 2.05) is 18.2 Å². The Morgan fingerprint density at radius 3 is 3.00 bits per heavy atom. The second-order valence-corrected chi connectivity index (χ2v) is 8.71. The molecular weight excluding hydrogens is 352 g/mol. The van der Waals surface area contributed by atoms with Crippen LogP contribution in [-0.4, -0.2) is 15.7 Å². The molecule has 5 rings (SSSR count). The molecule has 4 nitrogen and oxygen atoms in total. The summed E-state index contributed by atoms with van der Waals surface area (Å²) in [7, 11) is 0. The molecule has 0 amide bonds. The van der Waals surface area contributed by atoms with Crippen LogP contribution < -0.4 is 10.3 Å². The first-order chi connectivity index (χ1) is 12.3. The van der Waals surface area contributed by atoms with Gasteiger partial charge in [0.05, 0.1) is 5.39 Å². The molecule has 1 N–H and O–H groups in total. The van der Waals surface area contributed by atoms with Crippen LogP contribution in [-0.2, 0) is 12.8 Å². The molecule has 0 saturated carbocycles. The SMILES string of the molecule is O=c1[nH]c(C2CSc3ccccc3O2)nc2sc3c(c12)CCCCC3. The zero-order chi connectivity index (χ0) is 16.8. The van der Waals surface area contributed by atoms with Crippen LogP contribution in [0.5, 0.6) is 5.75 Å². The third-order valence-corrected chi connectivity index (χ3v) is 7.21. The molecule has 128 valence electrons. The van der Waals surface area contributed by atoms with Gasteiger partial charge in [0.2, 0.25) is 0 Å². The molecule has 1 aliphatic heterocycles. The standard InChI is InChI=1S/C19H18N2O2S2/c22-18-16-11-6-2-1-3-8-14(11)25-19(16)21-17(20-18)13-10-24-15-9-5-4-7-12(15)23-13/h4-5,7,9,13H,1-3,6,8,10H2,(H,20,21,22). The van der Waals surface area contributed by atoms with E-state index < -0.39 is 0 Å². The van der Waals surface area contributed by atoms with Crippen molar-refractivity contribution in [3.8, 4) is 5.75 Å². The van der Waals surface area contributed by atoms with Gasteiger partial charge in [-0.2, -0.15) is 0 Å². The van der Waals surface area contributed by atoms with E-state index in [9.17, 15) is 4.79 Å². The van der Waals surface area contributed by atoms with Gasteiger partial charge in [0.1, 0.15) is 10.6 Å². The lowest BCUT2D eigenvalue weighted by molar-refractivity contribution is 0.210. The van der Waals surface area contributed by atoms with Gasteiger partial charge < -0.3 is 9.72 Å². The highest BCUT2D eigenvalue weighted by molar-refractivity contribution is 7.99. The van der Waals surface area contributed by atoms with Crippen LogP contribution in [0.15, 0.2) is 34.0 Å². The summed E-state index contributed by atoms with van der Waals surface area (Å²) in [6, 6.07) is 8.02. The number of benzene rings is 1. The third-order valence-electron chi connectivity index (χ3n) is 4.91. The number of thioether (sulfide) groups is 1. The van der Waals surface area contributed by atoms with E-state index in [-0.39, 0.29) is 11.7 Å². The van der Waals surface area contributed by atoms with E-state index in [1.54, 1.807) is 23.1 Å². The van der Waals surface area contributed by atoms with Crippen LogP contribution in [0.2, 0.25) is 0 Å².